The number of aromatic nitrogens is 2. The number of carboxylic acids is 1. The third kappa shape index (κ3) is 4.82. The lowest BCUT2D eigenvalue weighted by Crippen LogP contribution is -2.36. The van der Waals surface area contributed by atoms with Crippen LogP contribution in [0.25, 0.3) is 11.4 Å². The standard InChI is InChI=1S/C15H19N3O3.ClH/c1-3-11(2)18(10-14(19)20)9-13-16-15(17-21-13)12-7-5-4-6-8-12;/h4-8,11H,3,9-10H2,1-2H3,(H,19,20);1H. The second-order valence-electron chi connectivity index (χ2n) is 4.93. The molecule has 7 heteroatoms. The minimum absolute atomic E-state index is 0. The van der Waals surface area contributed by atoms with Crippen molar-refractivity contribution in [1.29, 1.82) is 0 Å². The van der Waals surface area contributed by atoms with Gasteiger partial charge >= 0.3 is 5.97 Å². The van der Waals surface area contributed by atoms with Crippen molar-refractivity contribution in [2.75, 3.05) is 6.54 Å². The largest absolute Gasteiger partial charge is 0.480 e. The Bertz CT molecular complexity index is 589. The number of carboxylic acid groups (broad SMARTS) is 1. The lowest BCUT2D eigenvalue weighted by Gasteiger charge is -2.24. The van der Waals surface area contributed by atoms with Gasteiger partial charge < -0.3 is 9.63 Å². The second kappa shape index (κ2) is 8.51. The third-order valence-corrected chi connectivity index (χ3v) is 3.39. The molecule has 0 radical (unpaired) electrons. The number of hydrogen-bond acceptors (Lipinski definition) is 5. The Morgan fingerprint density at radius 3 is 2.64 bits per heavy atom. The number of halogens is 1. The normalized spacial score (nSPS) is 12.0. The van der Waals surface area contributed by atoms with Crippen molar-refractivity contribution in [1.82, 2.24) is 15.0 Å². The summed E-state index contributed by atoms with van der Waals surface area (Å²) < 4.78 is 5.23. The first-order valence-corrected chi connectivity index (χ1v) is 6.94. The molecule has 0 aliphatic carbocycles. The monoisotopic (exact) mass is 325 g/mol. The van der Waals surface area contributed by atoms with Gasteiger partial charge in [-0.25, -0.2) is 0 Å². The molecule has 1 N–H and O–H groups in total. The summed E-state index contributed by atoms with van der Waals surface area (Å²) in [6.45, 7) is 4.29. The van der Waals surface area contributed by atoms with E-state index < -0.39 is 5.97 Å². The minimum atomic E-state index is -0.863. The summed E-state index contributed by atoms with van der Waals surface area (Å²) in [6, 6.07) is 9.66. The van der Waals surface area contributed by atoms with Gasteiger partial charge in [-0.2, -0.15) is 4.98 Å². The average Bonchev–Trinajstić information content (AvgIpc) is 2.95. The summed E-state index contributed by atoms with van der Waals surface area (Å²) in [4.78, 5) is 17.1. The van der Waals surface area contributed by atoms with E-state index in [0.717, 1.165) is 12.0 Å². The third-order valence-electron chi connectivity index (χ3n) is 3.39. The van der Waals surface area contributed by atoms with Crippen LogP contribution in [0.5, 0.6) is 0 Å². The number of rotatable bonds is 7. The zero-order valence-electron chi connectivity index (χ0n) is 12.6. The molecule has 0 saturated heterocycles. The fourth-order valence-corrected chi connectivity index (χ4v) is 2.00. The summed E-state index contributed by atoms with van der Waals surface area (Å²) in [7, 11) is 0. The Morgan fingerprint density at radius 2 is 2.05 bits per heavy atom. The highest BCUT2D eigenvalue weighted by Gasteiger charge is 2.19. The quantitative estimate of drug-likeness (QED) is 0.843. The Labute approximate surface area is 135 Å². The molecular formula is C15H20ClN3O3. The number of carbonyl (C=O) groups is 1. The zero-order chi connectivity index (χ0) is 15.2. The molecule has 0 spiro atoms. The van der Waals surface area contributed by atoms with E-state index in [1.807, 2.05) is 49.1 Å². The summed E-state index contributed by atoms with van der Waals surface area (Å²) in [5.41, 5.74) is 0.876. The Kier molecular flexibility index (Phi) is 7.01. The molecule has 0 aliphatic rings. The Balaban J connectivity index is 0.00000242. The van der Waals surface area contributed by atoms with E-state index in [9.17, 15) is 4.79 Å². The van der Waals surface area contributed by atoms with Crippen LogP contribution in [-0.4, -0.2) is 38.7 Å². The van der Waals surface area contributed by atoms with E-state index in [1.165, 1.54) is 0 Å². The average molecular weight is 326 g/mol. The maximum absolute atomic E-state index is 10.9. The molecular weight excluding hydrogens is 306 g/mol. The summed E-state index contributed by atoms with van der Waals surface area (Å²) in [6.07, 6.45) is 0.854. The number of nitrogens with zero attached hydrogens (tertiary/aromatic N) is 3. The molecule has 2 aromatic rings. The van der Waals surface area contributed by atoms with Crippen molar-refractivity contribution < 1.29 is 14.4 Å². The highest BCUT2D eigenvalue weighted by molar-refractivity contribution is 5.85. The highest BCUT2D eigenvalue weighted by atomic mass is 35.5. The zero-order valence-corrected chi connectivity index (χ0v) is 13.4. The SMILES string of the molecule is CCC(C)N(CC(=O)O)Cc1nc(-c2ccccc2)no1.Cl. The van der Waals surface area contributed by atoms with Gasteiger partial charge in [-0.3, -0.25) is 9.69 Å². The van der Waals surface area contributed by atoms with Crippen molar-refractivity contribution in [3.05, 3.63) is 36.2 Å². The Morgan fingerprint density at radius 1 is 1.36 bits per heavy atom. The van der Waals surface area contributed by atoms with Crippen molar-refractivity contribution in [3.8, 4) is 11.4 Å². The van der Waals surface area contributed by atoms with Crippen molar-refractivity contribution in [3.63, 3.8) is 0 Å². The Hall–Kier alpha value is -1.92. The van der Waals surface area contributed by atoms with Crippen molar-refractivity contribution in [2.24, 2.45) is 0 Å². The van der Waals surface area contributed by atoms with Gasteiger partial charge in [0.15, 0.2) is 0 Å². The van der Waals surface area contributed by atoms with Crippen LogP contribution in [0.15, 0.2) is 34.9 Å². The molecule has 2 rings (SSSR count). The van der Waals surface area contributed by atoms with Crippen LogP contribution in [0.4, 0.5) is 0 Å². The van der Waals surface area contributed by atoms with Crippen molar-refractivity contribution in [2.45, 2.75) is 32.9 Å². The number of hydrogen-bond donors (Lipinski definition) is 1. The molecule has 0 aliphatic heterocycles. The molecule has 22 heavy (non-hydrogen) atoms. The maximum atomic E-state index is 10.9. The molecule has 0 amide bonds. The maximum Gasteiger partial charge on any atom is 0.317 e. The van der Waals surface area contributed by atoms with E-state index in [2.05, 4.69) is 10.1 Å². The van der Waals surface area contributed by atoms with E-state index in [-0.39, 0.29) is 25.0 Å². The molecule has 0 saturated carbocycles. The fraction of sp³-hybridized carbons (Fsp3) is 0.400. The van der Waals surface area contributed by atoms with Gasteiger partial charge in [-0.05, 0) is 13.3 Å². The number of aliphatic carboxylic acids is 1. The second-order valence-corrected chi connectivity index (χ2v) is 4.93. The first kappa shape index (κ1) is 18.1. The van der Waals surface area contributed by atoms with Crippen molar-refractivity contribution >= 4 is 18.4 Å². The molecule has 1 unspecified atom stereocenters. The van der Waals surface area contributed by atoms with Crippen LogP contribution in [0.3, 0.4) is 0 Å². The first-order chi connectivity index (χ1) is 10.1. The molecule has 1 aromatic carbocycles. The van der Waals surface area contributed by atoms with Gasteiger partial charge in [0.1, 0.15) is 0 Å². The molecule has 1 heterocycles. The van der Waals surface area contributed by atoms with E-state index in [0.29, 0.717) is 18.3 Å². The summed E-state index contributed by atoms with van der Waals surface area (Å²) in [5, 5.41) is 12.9. The molecule has 1 atom stereocenters. The highest BCUT2D eigenvalue weighted by Crippen LogP contribution is 2.16. The van der Waals surface area contributed by atoms with Gasteiger partial charge in [0.05, 0.1) is 13.1 Å². The van der Waals surface area contributed by atoms with Crippen LogP contribution in [0.1, 0.15) is 26.2 Å². The number of benzene rings is 1. The summed E-state index contributed by atoms with van der Waals surface area (Å²) in [5.74, 6) is 0.0820. The van der Waals surface area contributed by atoms with Crippen LogP contribution in [0, 0.1) is 0 Å². The fourth-order valence-electron chi connectivity index (χ4n) is 2.00. The van der Waals surface area contributed by atoms with Gasteiger partial charge in [0.25, 0.3) is 0 Å². The van der Waals surface area contributed by atoms with Crippen LogP contribution in [0.2, 0.25) is 0 Å². The smallest absolute Gasteiger partial charge is 0.317 e. The minimum Gasteiger partial charge on any atom is -0.480 e. The van der Waals surface area contributed by atoms with Gasteiger partial charge in [0, 0.05) is 11.6 Å². The lowest BCUT2D eigenvalue weighted by molar-refractivity contribution is -0.139. The van der Waals surface area contributed by atoms with Crippen LogP contribution < -0.4 is 0 Å². The molecule has 0 fully saturated rings. The molecule has 0 bridgehead atoms. The predicted octanol–water partition coefficient (Wildman–Crippen LogP) is 2.84. The van der Waals surface area contributed by atoms with E-state index in [4.69, 9.17) is 9.63 Å². The van der Waals surface area contributed by atoms with E-state index >= 15 is 0 Å². The molecule has 1 aromatic heterocycles. The van der Waals surface area contributed by atoms with Crippen LogP contribution in [-0.2, 0) is 11.3 Å². The van der Waals surface area contributed by atoms with Crippen LogP contribution >= 0.6 is 12.4 Å². The van der Waals surface area contributed by atoms with Gasteiger partial charge in [0.2, 0.25) is 11.7 Å². The van der Waals surface area contributed by atoms with Gasteiger partial charge in [-0.15, -0.1) is 12.4 Å². The van der Waals surface area contributed by atoms with Gasteiger partial charge in [-0.1, -0.05) is 42.4 Å². The topological polar surface area (TPSA) is 79.5 Å². The molecule has 120 valence electrons. The lowest BCUT2D eigenvalue weighted by atomic mass is 10.2. The molecule has 6 nitrogen and oxygen atoms in total. The first-order valence-electron chi connectivity index (χ1n) is 6.94. The predicted molar refractivity (Wildman–Crippen MR) is 84.8 cm³/mol. The summed E-state index contributed by atoms with van der Waals surface area (Å²) >= 11 is 0. The van der Waals surface area contributed by atoms with E-state index in [1.54, 1.807) is 0 Å².